The van der Waals surface area contributed by atoms with Crippen LogP contribution in [0, 0.1) is 5.82 Å². The van der Waals surface area contributed by atoms with E-state index in [-0.39, 0.29) is 17.4 Å². The van der Waals surface area contributed by atoms with Gasteiger partial charge in [-0.25, -0.2) is 9.37 Å². The Morgan fingerprint density at radius 2 is 1.80 bits per heavy atom. The van der Waals surface area contributed by atoms with Gasteiger partial charge in [0.2, 0.25) is 5.56 Å². The van der Waals surface area contributed by atoms with Crippen molar-refractivity contribution in [1.29, 1.82) is 0 Å². The molecular weight excluding hydrogens is 321 g/mol. The number of H-pyrrole nitrogens is 1. The van der Waals surface area contributed by atoms with Crippen molar-refractivity contribution in [3.63, 3.8) is 0 Å². The Hall–Kier alpha value is -2.73. The molecule has 0 radical (unpaired) electrons. The Balaban J connectivity index is 1.86. The lowest BCUT2D eigenvalue weighted by molar-refractivity contribution is 0.0699. The van der Waals surface area contributed by atoms with Gasteiger partial charge in [-0.15, -0.1) is 0 Å². The number of imidazole rings is 1. The molecule has 5 nitrogen and oxygen atoms in total. The van der Waals surface area contributed by atoms with Gasteiger partial charge in [0, 0.05) is 42.6 Å². The lowest BCUT2D eigenvalue weighted by atomic mass is 10.0. The summed E-state index contributed by atoms with van der Waals surface area (Å²) >= 11 is 0. The molecule has 0 atom stereocenters. The number of aromatic nitrogens is 3. The van der Waals surface area contributed by atoms with Crippen molar-refractivity contribution in [1.82, 2.24) is 14.5 Å². The zero-order valence-corrected chi connectivity index (χ0v) is 13.6. The average Bonchev–Trinajstić information content (AvgIpc) is 3.09. The van der Waals surface area contributed by atoms with E-state index in [2.05, 4.69) is 14.5 Å². The van der Waals surface area contributed by atoms with E-state index in [1.54, 1.807) is 24.4 Å². The molecule has 0 amide bonds. The monoisotopic (exact) mass is 339 g/mol. The van der Waals surface area contributed by atoms with Gasteiger partial charge < -0.3 is 14.3 Å². The molecule has 0 saturated carbocycles. The molecule has 3 heterocycles. The minimum atomic E-state index is -0.279. The van der Waals surface area contributed by atoms with E-state index in [1.165, 1.54) is 18.2 Å². The molecule has 6 heteroatoms. The summed E-state index contributed by atoms with van der Waals surface area (Å²) in [5, 5.41) is 0. The largest absolute Gasteiger partial charge is 0.381 e. The Labute approximate surface area is 144 Å². The first-order chi connectivity index (χ1) is 12.2. The first-order valence-electron chi connectivity index (χ1n) is 8.32. The number of benzene rings is 1. The lowest BCUT2D eigenvalue weighted by Crippen LogP contribution is -2.19. The normalized spacial score (nSPS) is 15.4. The van der Waals surface area contributed by atoms with Crippen LogP contribution < -0.4 is 5.56 Å². The highest BCUT2D eigenvalue weighted by molar-refractivity contribution is 5.78. The van der Waals surface area contributed by atoms with Gasteiger partial charge in [-0.1, -0.05) is 0 Å². The maximum atomic E-state index is 13.3. The van der Waals surface area contributed by atoms with Crippen LogP contribution in [0.25, 0.3) is 22.5 Å². The van der Waals surface area contributed by atoms with E-state index in [1.807, 2.05) is 6.33 Å². The number of nitrogens with one attached hydrogen (secondary N) is 1. The SMILES string of the molecule is O=c1ccc(-c2c(-c3ccc(F)cc3)ncn2C2CCOCC2)c[nH]1. The van der Waals surface area contributed by atoms with Crippen LogP contribution in [0.2, 0.25) is 0 Å². The van der Waals surface area contributed by atoms with Crippen molar-refractivity contribution in [3.8, 4) is 22.5 Å². The highest BCUT2D eigenvalue weighted by Gasteiger charge is 2.22. The van der Waals surface area contributed by atoms with Crippen LogP contribution in [0.15, 0.2) is 53.7 Å². The number of nitrogens with zero attached hydrogens (tertiary/aromatic N) is 2. The number of rotatable bonds is 3. The molecule has 3 aromatic rings. The number of hydrogen-bond acceptors (Lipinski definition) is 3. The second-order valence-corrected chi connectivity index (χ2v) is 6.14. The average molecular weight is 339 g/mol. The van der Waals surface area contributed by atoms with Crippen LogP contribution in [0.3, 0.4) is 0 Å². The summed E-state index contributed by atoms with van der Waals surface area (Å²) in [5.74, 6) is -0.279. The summed E-state index contributed by atoms with van der Waals surface area (Å²) in [6.45, 7) is 1.44. The number of ether oxygens (including phenoxy) is 1. The predicted octanol–water partition coefficient (Wildman–Crippen LogP) is 3.40. The van der Waals surface area contributed by atoms with Gasteiger partial charge in [0.15, 0.2) is 0 Å². The molecule has 1 saturated heterocycles. The molecule has 4 rings (SSSR count). The highest BCUT2D eigenvalue weighted by Crippen LogP contribution is 2.35. The van der Waals surface area contributed by atoms with E-state index in [9.17, 15) is 9.18 Å². The van der Waals surface area contributed by atoms with E-state index < -0.39 is 0 Å². The Bertz CT molecular complexity index is 904. The standard InChI is InChI=1S/C19H18FN3O2/c20-15-4-1-13(2-5-15)18-19(14-3-6-17(24)21-11-14)23(12-22-18)16-7-9-25-10-8-16/h1-6,11-12,16H,7-10H2,(H,21,24). The Morgan fingerprint density at radius 1 is 1.08 bits per heavy atom. The third-order valence-electron chi connectivity index (χ3n) is 4.55. The molecule has 1 fully saturated rings. The number of pyridine rings is 1. The fraction of sp³-hybridized carbons (Fsp3) is 0.263. The third kappa shape index (κ3) is 3.13. The molecule has 2 aromatic heterocycles. The van der Waals surface area contributed by atoms with Gasteiger partial charge in [-0.2, -0.15) is 0 Å². The predicted molar refractivity (Wildman–Crippen MR) is 92.8 cm³/mol. The first-order valence-corrected chi connectivity index (χ1v) is 8.32. The summed E-state index contributed by atoms with van der Waals surface area (Å²) in [6.07, 6.45) is 5.35. The van der Waals surface area contributed by atoms with Crippen molar-refractivity contribution in [2.45, 2.75) is 18.9 Å². The number of hydrogen-bond donors (Lipinski definition) is 1. The Morgan fingerprint density at radius 3 is 2.48 bits per heavy atom. The summed E-state index contributed by atoms with van der Waals surface area (Å²) in [6, 6.07) is 9.89. The fourth-order valence-electron chi connectivity index (χ4n) is 3.26. The molecular formula is C19H18FN3O2. The van der Waals surface area contributed by atoms with Gasteiger partial charge in [-0.05, 0) is 43.2 Å². The van der Waals surface area contributed by atoms with Gasteiger partial charge in [0.05, 0.1) is 17.7 Å². The van der Waals surface area contributed by atoms with E-state index >= 15 is 0 Å². The molecule has 0 spiro atoms. The molecule has 1 N–H and O–H groups in total. The molecule has 128 valence electrons. The van der Waals surface area contributed by atoms with Crippen LogP contribution in [0.1, 0.15) is 18.9 Å². The molecule has 0 aliphatic carbocycles. The van der Waals surface area contributed by atoms with Crippen LogP contribution in [0.5, 0.6) is 0 Å². The van der Waals surface area contributed by atoms with Gasteiger partial charge in [-0.3, -0.25) is 4.79 Å². The number of aromatic amines is 1. The van der Waals surface area contributed by atoms with E-state index in [0.29, 0.717) is 0 Å². The van der Waals surface area contributed by atoms with E-state index in [0.717, 1.165) is 48.6 Å². The summed E-state index contributed by atoms with van der Waals surface area (Å²) in [5.41, 5.74) is 3.27. The van der Waals surface area contributed by atoms with Crippen LogP contribution in [0.4, 0.5) is 4.39 Å². The second kappa shape index (κ2) is 6.64. The van der Waals surface area contributed by atoms with Crippen molar-refractivity contribution >= 4 is 0 Å². The van der Waals surface area contributed by atoms with Gasteiger partial charge in [0.1, 0.15) is 5.82 Å². The second-order valence-electron chi connectivity index (χ2n) is 6.14. The summed E-state index contributed by atoms with van der Waals surface area (Å²) in [4.78, 5) is 18.8. The van der Waals surface area contributed by atoms with E-state index in [4.69, 9.17) is 4.74 Å². The van der Waals surface area contributed by atoms with Crippen LogP contribution >= 0.6 is 0 Å². The van der Waals surface area contributed by atoms with Crippen molar-refractivity contribution < 1.29 is 9.13 Å². The zero-order chi connectivity index (χ0) is 17.2. The van der Waals surface area contributed by atoms with Crippen molar-refractivity contribution in [2.24, 2.45) is 0 Å². The first kappa shape index (κ1) is 15.8. The minimum absolute atomic E-state index is 0.149. The maximum absolute atomic E-state index is 13.3. The molecule has 1 aromatic carbocycles. The third-order valence-corrected chi connectivity index (χ3v) is 4.55. The maximum Gasteiger partial charge on any atom is 0.247 e. The Kier molecular flexibility index (Phi) is 4.19. The quantitative estimate of drug-likeness (QED) is 0.796. The smallest absolute Gasteiger partial charge is 0.247 e. The molecule has 25 heavy (non-hydrogen) atoms. The summed E-state index contributed by atoms with van der Waals surface area (Å²) < 4.78 is 20.9. The molecule has 0 bridgehead atoms. The zero-order valence-electron chi connectivity index (χ0n) is 13.6. The topological polar surface area (TPSA) is 59.9 Å². The van der Waals surface area contributed by atoms with Crippen molar-refractivity contribution in [2.75, 3.05) is 13.2 Å². The van der Waals surface area contributed by atoms with Crippen LogP contribution in [-0.4, -0.2) is 27.7 Å². The fourth-order valence-corrected chi connectivity index (χ4v) is 3.26. The minimum Gasteiger partial charge on any atom is -0.381 e. The molecule has 1 aliphatic rings. The summed E-state index contributed by atoms with van der Waals surface area (Å²) in [7, 11) is 0. The van der Waals surface area contributed by atoms with Gasteiger partial charge in [0.25, 0.3) is 0 Å². The van der Waals surface area contributed by atoms with Gasteiger partial charge >= 0.3 is 0 Å². The highest BCUT2D eigenvalue weighted by atomic mass is 19.1. The lowest BCUT2D eigenvalue weighted by Gasteiger charge is -2.25. The van der Waals surface area contributed by atoms with Crippen molar-refractivity contribution in [3.05, 3.63) is 65.1 Å². The van der Waals surface area contributed by atoms with Crippen LogP contribution in [-0.2, 0) is 4.74 Å². The number of halogens is 1. The molecule has 0 unspecified atom stereocenters. The molecule has 1 aliphatic heterocycles.